The molecule has 0 radical (unpaired) electrons. The van der Waals surface area contributed by atoms with Gasteiger partial charge in [0.2, 0.25) is 0 Å². The highest BCUT2D eigenvalue weighted by atomic mass is 16.5. The molecule has 3 nitrogen and oxygen atoms in total. The second kappa shape index (κ2) is 6.79. The average molecular weight is 365 g/mol. The first-order valence-corrected chi connectivity index (χ1v) is 10.1. The molecular formula is C24H30NO2+. The van der Waals surface area contributed by atoms with Gasteiger partial charge < -0.3 is 9.22 Å². The zero-order chi connectivity index (χ0) is 19.1. The maximum absolute atomic E-state index is 13.5. The lowest BCUT2D eigenvalue weighted by atomic mass is 9.76. The van der Waals surface area contributed by atoms with Crippen LogP contribution in [0.4, 0.5) is 0 Å². The third-order valence-electron chi connectivity index (χ3n) is 7.17. The Balaban J connectivity index is 1.61. The Kier molecular flexibility index (Phi) is 4.59. The molecule has 2 aromatic rings. The molecule has 27 heavy (non-hydrogen) atoms. The van der Waals surface area contributed by atoms with Crippen LogP contribution in [0.15, 0.2) is 60.7 Å². The third kappa shape index (κ3) is 3.08. The molecule has 0 amide bonds. The summed E-state index contributed by atoms with van der Waals surface area (Å²) in [5.74, 6) is -0.128. The Bertz CT molecular complexity index is 744. The van der Waals surface area contributed by atoms with Gasteiger partial charge in [0.05, 0.1) is 26.2 Å². The first kappa shape index (κ1) is 18.2. The molecule has 0 saturated carbocycles. The first-order valence-electron chi connectivity index (χ1n) is 10.1. The molecule has 2 unspecified atom stereocenters. The van der Waals surface area contributed by atoms with Crippen molar-refractivity contribution in [2.45, 2.75) is 56.2 Å². The van der Waals surface area contributed by atoms with Gasteiger partial charge in [-0.25, -0.2) is 0 Å². The van der Waals surface area contributed by atoms with Crippen LogP contribution in [0.1, 0.15) is 43.7 Å². The van der Waals surface area contributed by atoms with Crippen molar-refractivity contribution in [3.05, 3.63) is 71.8 Å². The van der Waals surface area contributed by atoms with E-state index >= 15 is 0 Å². The molecule has 2 aromatic carbocycles. The molecule has 142 valence electrons. The first-order chi connectivity index (χ1) is 12.9. The number of fused-ring (bicyclic) bond motifs is 2. The van der Waals surface area contributed by atoms with Crippen LogP contribution in [0.5, 0.6) is 0 Å². The van der Waals surface area contributed by atoms with E-state index in [2.05, 4.69) is 14.1 Å². The van der Waals surface area contributed by atoms with Gasteiger partial charge in [0.25, 0.3) is 0 Å². The molecule has 2 atom stereocenters. The summed E-state index contributed by atoms with van der Waals surface area (Å²) in [6.07, 6.45) is 4.50. The fourth-order valence-electron chi connectivity index (χ4n) is 5.14. The van der Waals surface area contributed by atoms with E-state index in [1.165, 1.54) is 12.8 Å². The maximum atomic E-state index is 13.5. The number of carbonyl (C=O) groups excluding carboxylic acids is 1. The van der Waals surface area contributed by atoms with E-state index in [4.69, 9.17) is 4.74 Å². The Labute approximate surface area is 162 Å². The van der Waals surface area contributed by atoms with Gasteiger partial charge in [0.15, 0.2) is 0 Å². The Hall–Kier alpha value is -2.13. The van der Waals surface area contributed by atoms with Crippen molar-refractivity contribution in [1.82, 2.24) is 0 Å². The van der Waals surface area contributed by atoms with Gasteiger partial charge in [0.1, 0.15) is 11.5 Å². The number of nitrogens with zero attached hydrogens (tertiary/aromatic N) is 1. The lowest BCUT2D eigenvalue weighted by molar-refractivity contribution is -0.931. The zero-order valence-electron chi connectivity index (χ0n) is 16.6. The molecule has 2 saturated heterocycles. The number of rotatable bonds is 4. The van der Waals surface area contributed by atoms with Crippen molar-refractivity contribution >= 4 is 5.97 Å². The summed E-state index contributed by atoms with van der Waals surface area (Å²) in [4.78, 5) is 13.5. The Morgan fingerprint density at radius 1 is 0.889 bits per heavy atom. The SMILES string of the molecule is CC(C(=O)OC1CC2CCC(C1)[N+]2(C)C)(c1ccccc1)c1ccccc1. The van der Waals surface area contributed by atoms with E-state index in [1.807, 2.05) is 67.6 Å². The summed E-state index contributed by atoms with van der Waals surface area (Å²) in [5, 5.41) is 0. The van der Waals surface area contributed by atoms with Crippen LogP contribution in [0, 0.1) is 0 Å². The highest BCUT2D eigenvalue weighted by Gasteiger charge is 2.51. The van der Waals surface area contributed by atoms with E-state index in [9.17, 15) is 4.79 Å². The minimum absolute atomic E-state index is 0.0351. The number of esters is 1. The smallest absolute Gasteiger partial charge is 0.321 e. The van der Waals surface area contributed by atoms with Crippen LogP contribution in [0.3, 0.4) is 0 Å². The van der Waals surface area contributed by atoms with Crippen LogP contribution >= 0.6 is 0 Å². The average Bonchev–Trinajstić information content (AvgIpc) is 2.86. The molecule has 2 fully saturated rings. The van der Waals surface area contributed by atoms with Crippen LogP contribution in [-0.2, 0) is 14.9 Å². The number of hydrogen-bond acceptors (Lipinski definition) is 2. The lowest BCUT2D eigenvalue weighted by Crippen LogP contribution is -2.56. The van der Waals surface area contributed by atoms with Crippen molar-refractivity contribution in [2.24, 2.45) is 0 Å². The molecule has 2 aliphatic heterocycles. The van der Waals surface area contributed by atoms with E-state index < -0.39 is 5.41 Å². The van der Waals surface area contributed by atoms with E-state index in [1.54, 1.807) is 0 Å². The third-order valence-corrected chi connectivity index (χ3v) is 7.17. The standard InChI is InChI=1S/C24H30NO2/c1-24(18-10-6-4-7-11-18,19-12-8-5-9-13-19)23(26)27-22-16-20-14-15-21(17-22)25(20,2)3/h4-13,20-22H,14-17H2,1-3H3/q+1. The van der Waals surface area contributed by atoms with Crippen LogP contribution in [0.2, 0.25) is 0 Å². The number of benzene rings is 2. The van der Waals surface area contributed by atoms with Gasteiger partial charge in [0, 0.05) is 25.7 Å². The number of carbonyl (C=O) groups is 1. The summed E-state index contributed by atoms with van der Waals surface area (Å²) in [5.41, 5.74) is 1.18. The Morgan fingerprint density at radius 2 is 1.33 bits per heavy atom. The fraction of sp³-hybridized carbons (Fsp3) is 0.458. The molecule has 2 heterocycles. The predicted molar refractivity (Wildman–Crippen MR) is 107 cm³/mol. The maximum Gasteiger partial charge on any atom is 0.321 e. The summed E-state index contributed by atoms with van der Waals surface area (Å²) < 4.78 is 7.28. The zero-order valence-corrected chi connectivity index (χ0v) is 16.6. The van der Waals surface area contributed by atoms with Crippen molar-refractivity contribution in [3.8, 4) is 0 Å². The number of hydrogen-bond donors (Lipinski definition) is 0. The fourth-order valence-corrected chi connectivity index (χ4v) is 5.14. The topological polar surface area (TPSA) is 26.3 Å². The van der Waals surface area contributed by atoms with E-state index in [0.717, 1.165) is 28.5 Å². The second-order valence-corrected chi connectivity index (χ2v) is 8.87. The van der Waals surface area contributed by atoms with Gasteiger partial charge in [-0.1, -0.05) is 60.7 Å². The summed E-state index contributed by atoms with van der Waals surface area (Å²) in [6, 6.07) is 21.3. The van der Waals surface area contributed by atoms with Gasteiger partial charge in [-0.2, -0.15) is 0 Å². The van der Waals surface area contributed by atoms with Crippen molar-refractivity contribution in [3.63, 3.8) is 0 Å². The summed E-state index contributed by atoms with van der Waals surface area (Å²) in [7, 11) is 4.66. The Morgan fingerprint density at radius 3 is 1.78 bits per heavy atom. The molecular weight excluding hydrogens is 334 g/mol. The molecule has 0 aliphatic carbocycles. The van der Waals surface area contributed by atoms with Crippen molar-refractivity contribution in [2.75, 3.05) is 14.1 Å². The van der Waals surface area contributed by atoms with Gasteiger partial charge in [-0.3, -0.25) is 4.79 Å². The minimum Gasteiger partial charge on any atom is -0.461 e. The largest absolute Gasteiger partial charge is 0.461 e. The van der Waals surface area contributed by atoms with Crippen molar-refractivity contribution < 1.29 is 14.0 Å². The summed E-state index contributed by atoms with van der Waals surface area (Å²) >= 11 is 0. The van der Waals surface area contributed by atoms with Crippen LogP contribution in [0.25, 0.3) is 0 Å². The molecule has 2 bridgehead atoms. The molecule has 0 spiro atoms. The van der Waals surface area contributed by atoms with Gasteiger partial charge in [-0.15, -0.1) is 0 Å². The second-order valence-electron chi connectivity index (χ2n) is 8.87. The number of ether oxygens (including phenoxy) is 1. The van der Waals surface area contributed by atoms with Gasteiger partial charge >= 0.3 is 5.97 Å². The van der Waals surface area contributed by atoms with Crippen LogP contribution < -0.4 is 0 Å². The monoisotopic (exact) mass is 364 g/mol. The molecule has 0 N–H and O–H groups in total. The molecule has 2 aliphatic rings. The van der Waals surface area contributed by atoms with E-state index in [0.29, 0.717) is 12.1 Å². The summed E-state index contributed by atoms with van der Waals surface area (Å²) in [6.45, 7) is 2.00. The predicted octanol–water partition coefficient (Wildman–Crippen LogP) is 4.31. The van der Waals surface area contributed by atoms with E-state index in [-0.39, 0.29) is 12.1 Å². The molecule has 0 aromatic heterocycles. The van der Waals surface area contributed by atoms with Gasteiger partial charge in [-0.05, 0) is 18.1 Å². The normalized spacial score (nSPS) is 26.6. The molecule has 4 rings (SSSR count). The highest BCUT2D eigenvalue weighted by Crippen LogP contribution is 2.42. The van der Waals surface area contributed by atoms with Crippen molar-refractivity contribution in [1.29, 1.82) is 0 Å². The lowest BCUT2D eigenvalue weighted by Gasteiger charge is -2.44. The number of quaternary nitrogens is 1. The number of piperidine rings is 1. The highest BCUT2D eigenvalue weighted by molar-refractivity contribution is 5.87. The minimum atomic E-state index is -0.788. The molecule has 3 heteroatoms. The quantitative estimate of drug-likeness (QED) is 0.597. The van der Waals surface area contributed by atoms with Crippen LogP contribution in [-0.4, -0.2) is 42.7 Å².